The number of hydrogen-bond acceptors (Lipinski definition) is 5. The van der Waals surface area contributed by atoms with Gasteiger partial charge in [-0.25, -0.2) is 0 Å². The Bertz CT molecular complexity index is 231. The van der Waals surface area contributed by atoms with Crippen molar-refractivity contribution in [1.29, 1.82) is 0 Å². The molecule has 0 aliphatic carbocycles. The average Bonchev–Trinajstić information content (AvgIpc) is 2.38. The molecule has 1 unspecified atom stereocenters. The summed E-state index contributed by atoms with van der Waals surface area (Å²) < 4.78 is 5.39. The summed E-state index contributed by atoms with van der Waals surface area (Å²) in [5.74, 6) is 0. The second-order valence-corrected chi connectivity index (χ2v) is 5.61. The maximum absolute atomic E-state index is 5.39. The maximum atomic E-state index is 5.39. The topological polar surface area (TPSA) is 31.0 Å². The predicted molar refractivity (Wildman–Crippen MR) is 74.0 cm³/mol. The third-order valence-electron chi connectivity index (χ3n) is 3.86. The lowest BCUT2D eigenvalue weighted by Gasteiger charge is -2.39. The lowest BCUT2D eigenvalue weighted by molar-refractivity contribution is 0.0280. The molecule has 0 saturated carbocycles. The Morgan fingerprint density at radius 2 is 1.94 bits per heavy atom. The van der Waals surface area contributed by atoms with Crippen molar-refractivity contribution in [2.75, 3.05) is 79.7 Å². The van der Waals surface area contributed by atoms with E-state index in [4.69, 9.17) is 4.74 Å². The van der Waals surface area contributed by atoms with Crippen LogP contribution in [-0.2, 0) is 4.74 Å². The van der Waals surface area contributed by atoms with Gasteiger partial charge in [0, 0.05) is 58.4 Å². The van der Waals surface area contributed by atoms with Crippen molar-refractivity contribution in [2.45, 2.75) is 6.04 Å². The Labute approximate surface area is 111 Å². The zero-order chi connectivity index (χ0) is 12.8. The highest BCUT2D eigenvalue weighted by Crippen LogP contribution is 2.05. The minimum Gasteiger partial charge on any atom is -0.379 e. The highest BCUT2D eigenvalue weighted by molar-refractivity contribution is 4.82. The summed E-state index contributed by atoms with van der Waals surface area (Å²) in [6, 6.07) is 0.662. The molecule has 0 aromatic carbocycles. The van der Waals surface area contributed by atoms with Gasteiger partial charge in [0.2, 0.25) is 0 Å². The van der Waals surface area contributed by atoms with Crippen LogP contribution in [0.2, 0.25) is 0 Å². The van der Waals surface area contributed by atoms with Gasteiger partial charge in [0.1, 0.15) is 0 Å². The minimum atomic E-state index is 0.662. The van der Waals surface area contributed by atoms with Crippen LogP contribution in [0.3, 0.4) is 0 Å². The molecule has 1 atom stereocenters. The van der Waals surface area contributed by atoms with Gasteiger partial charge < -0.3 is 15.0 Å². The Balaban J connectivity index is 1.74. The summed E-state index contributed by atoms with van der Waals surface area (Å²) in [7, 11) is 4.32. The molecule has 0 aromatic rings. The molecule has 18 heavy (non-hydrogen) atoms. The SMILES string of the molecule is CN(C)CC1CNCCN1CCN1CCOCC1. The molecule has 106 valence electrons. The first kappa shape index (κ1) is 14.2. The van der Waals surface area contributed by atoms with Crippen LogP contribution in [0.25, 0.3) is 0 Å². The van der Waals surface area contributed by atoms with E-state index >= 15 is 0 Å². The first-order valence-corrected chi connectivity index (χ1v) is 7.15. The molecule has 2 rings (SSSR count). The Kier molecular flexibility index (Phi) is 5.85. The first-order valence-electron chi connectivity index (χ1n) is 7.15. The van der Waals surface area contributed by atoms with Crippen molar-refractivity contribution in [2.24, 2.45) is 0 Å². The zero-order valence-electron chi connectivity index (χ0n) is 11.9. The van der Waals surface area contributed by atoms with E-state index in [1.54, 1.807) is 0 Å². The van der Waals surface area contributed by atoms with Gasteiger partial charge in [0.25, 0.3) is 0 Å². The first-order chi connectivity index (χ1) is 8.75. The summed E-state index contributed by atoms with van der Waals surface area (Å²) in [6.45, 7) is 11.0. The van der Waals surface area contributed by atoms with Crippen molar-refractivity contribution >= 4 is 0 Å². The number of piperazine rings is 1. The van der Waals surface area contributed by atoms with Gasteiger partial charge in [-0.1, -0.05) is 0 Å². The monoisotopic (exact) mass is 256 g/mol. The second-order valence-electron chi connectivity index (χ2n) is 5.61. The number of likely N-dealkylation sites (N-methyl/N-ethyl adjacent to an activating group) is 1. The fourth-order valence-electron chi connectivity index (χ4n) is 2.79. The molecule has 0 amide bonds. The molecule has 2 saturated heterocycles. The highest BCUT2D eigenvalue weighted by atomic mass is 16.5. The number of hydrogen-bond donors (Lipinski definition) is 1. The van der Waals surface area contributed by atoms with Crippen LogP contribution in [0.4, 0.5) is 0 Å². The highest BCUT2D eigenvalue weighted by Gasteiger charge is 2.23. The molecule has 0 aromatic heterocycles. The molecule has 2 aliphatic heterocycles. The maximum Gasteiger partial charge on any atom is 0.0594 e. The fourth-order valence-corrected chi connectivity index (χ4v) is 2.79. The smallest absolute Gasteiger partial charge is 0.0594 e. The molecule has 5 nitrogen and oxygen atoms in total. The molecule has 2 aliphatic rings. The number of rotatable bonds is 5. The van der Waals surface area contributed by atoms with E-state index in [1.165, 1.54) is 19.6 Å². The van der Waals surface area contributed by atoms with Gasteiger partial charge in [-0.3, -0.25) is 9.80 Å². The van der Waals surface area contributed by atoms with Crippen LogP contribution >= 0.6 is 0 Å². The molecule has 0 bridgehead atoms. The number of ether oxygens (including phenoxy) is 1. The van der Waals surface area contributed by atoms with Gasteiger partial charge in [-0.15, -0.1) is 0 Å². The molecule has 2 fully saturated rings. The van der Waals surface area contributed by atoms with Crippen LogP contribution in [0.1, 0.15) is 0 Å². The minimum absolute atomic E-state index is 0.662. The molecule has 2 heterocycles. The summed E-state index contributed by atoms with van der Waals surface area (Å²) in [6.07, 6.45) is 0. The quantitative estimate of drug-likeness (QED) is 0.693. The van der Waals surface area contributed by atoms with E-state index in [9.17, 15) is 0 Å². The molecule has 0 spiro atoms. The van der Waals surface area contributed by atoms with Crippen molar-refractivity contribution in [3.63, 3.8) is 0 Å². The van der Waals surface area contributed by atoms with Crippen LogP contribution in [0, 0.1) is 0 Å². The van der Waals surface area contributed by atoms with E-state index < -0.39 is 0 Å². The zero-order valence-corrected chi connectivity index (χ0v) is 11.9. The fraction of sp³-hybridized carbons (Fsp3) is 1.00. The second kappa shape index (κ2) is 7.40. The van der Waals surface area contributed by atoms with Gasteiger partial charge >= 0.3 is 0 Å². The van der Waals surface area contributed by atoms with E-state index in [0.29, 0.717) is 6.04 Å². The van der Waals surface area contributed by atoms with Crippen LogP contribution in [-0.4, -0.2) is 100 Å². The van der Waals surface area contributed by atoms with E-state index in [1.807, 2.05) is 0 Å². The van der Waals surface area contributed by atoms with Crippen LogP contribution in [0.15, 0.2) is 0 Å². The van der Waals surface area contributed by atoms with Gasteiger partial charge in [0.05, 0.1) is 13.2 Å². The average molecular weight is 256 g/mol. The molecule has 1 N–H and O–H groups in total. The number of morpholine rings is 1. The Morgan fingerprint density at radius 3 is 2.67 bits per heavy atom. The molecular formula is C13H28N4O. The molecule has 0 radical (unpaired) electrons. The Morgan fingerprint density at radius 1 is 1.17 bits per heavy atom. The van der Waals surface area contributed by atoms with Crippen molar-refractivity contribution in [1.82, 2.24) is 20.0 Å². The number of nitrogens with zero attached hydrogens (tertiary/aromatic N) is 3. The summed E-state index contributed by atoms with van der Waals surface area (Å²) in [5.41, 5.74) is 0. The van der Waals surface area contributed by atoms with E-state index in [2.05, 4.69) is 34.1 Å². The summed E-state index contributed by atoms with van der Waals surface area (Å²) in [5, 5.41) is 3.51. The normalized spacial score (nSPS) is 27.8. The lowest BCUT2D eigenvalue weighted by atomic mass is 10.2. The third kappa shape index (κ3) is 4.48. The Hall–Kier alpha value is -0.200. The standard InChI is InChI=1S/C13H28N4O/c1-15(2)12-13-11-14-3-4-17(13)6-5-16-7-9-18-10-8-16/h13-14H,3-12H2,1-2H3. The predicted octanol–water partition coefficient (Wildman–Crippen LogP) is -0.846. The molecule has 5 heteroatoms. The number of nitrogens with one attached hydrogen (secondary N) is 1. The van der Waals surface area contributed by atoms with Crippen molar-refractivity contribution in [3.05, 3.63) is 0 Å². The van der Waals surface area contributed by atoms with Gasteiger partial charge in [0.15, 0.2) is 0 Å². The van der Waals surface area contributed by atoms with Crippen molar-refractivity contribution < 1.29 is 4.74 Å². The van der Waals surface area contributed by atoms with Gasteiger partial charge in [-0.2, -0.15) is 0 Å². The lowest BCUT2D eigenvalue weighted by Crippen LogP contribution is -2.56. The van der Waals surface area contributed by atoms with E-state index in [0.717, 1.165) is 45.9 Å². The van der Waals surface area contributed by atoms with Crippen LogP contribution < -0.4 is 5.32 Å². The van der Waals surface area contributed by atoms with Crippen LogP contribution in [0.5, 0.6) is 0 Å². The van der Waals surface area contributed by atoms with Gasteiger partial charge in [-0.05, 0) is 14.1 Å². The third-order valence-corrected chi connectivity index (χ3v) is 3.86. The van der Waals surface area contributed by atoms with E-state index in [-0.39, 0.29) is 0 Å². The summed E-state index contributed by atoms with van der Waals surface area (Å²) in [4.78, 5) is 7.46. The van der Waals surface area contributed by atoms with Crippen molar-refractivity contribution in [3.8, 4) is 0 Å². The molecular weight excluding hydrogens is 228 g/mol. The largest absolute Gasteiger partial charge is 0.379 e. The summed E-state index contributed by atoms with van der Waals surface area (Å²) >= 11 is 0.